The fourth-order valence-corrected chi connectivity index (χ4v) is 2.98. The molecule has 0 aliphatic carbocycles. The molecule has 0 saturated heterocycles. The molecule has 0 fully saturated rings. The van der Waals surface area contributed by atoms with Crippen molar-refractivity contribution in [1.82, 2.24) is 15.5 Å². The zero-order chi connectivity index (χ0) is 20.1. The number of rotatable bonds is 5. The predicted molar refractivity (Wildman–Crippen MR) is 109 cm³/mol. The summed E-state index contributed by atoms with van der Waals surface area (Å²) in [5, 5.41) is 9.15. The van der Waals surface area contributed by atoms with E-state index in [1.807, 2.05) is 46.9 Å². The van der Waals surface area contributed by atoms with E-state index in [0.717, 1.165) is 11.3 Å². The van der Waals surface area contributed by atoms with Crippen molar-refractivity contribution in [2.24, 2.45) is 0 Å². The maximum Gasteiger partial charge on any atom is 0.338 e. The van der Waals surface area contributed by atoms with Crippen LogP contribution >= 0.6 is 12.2 Å². The first-order chi connectivity index (χ1) is 12.7. The Hall–Kier alpha value is -2.61. The number of thiocarbonyl (C=S) groups is 1. The van der Waals surface area contributed by atoms with Crippen LogP contribution in [0.1, 0.15) is 39.3 Å². The number of allylic oxidation sites excluding steroid dienone is 1. The zero-order valence-electron chi connectivity index (χ0n) is 16.3. The van der Waals surface area contributed by atoms with E-state index in [1.165, 1.54) is 0 Å². The lowest BCUT2D eigenvalue weighted by molar-refractivity contribution is -0.143. The van der Waals surface area contributed by atoms with Gasteiger partial charge in [0.2, 0.25) is 0 Å². The fraction of sp³-hybridized carbons (Fsp3) is 0.421. The number of anilines is 1. The number of benzene rings is 1. The van der Waals surface area contributed by atoms with Crippen molar-refractivity contribution in [3.8, 4) is 0 Å². The summed E-state index contributed by atoms with van der Waals surface area (Å²) < 4.78 is 5.43. The number of hydrogen-bond acceptors (Lipinski definition) is 4. The Balaban J connectivity index is 2.32. The molecule has 8 heteroatoms. The summed E-state index contributed by atoms with van der Waals surface area (Å²) in [6.07, 6.45) is -0.221. The molecule has 1 aromatic rings. The zero-order valence-corrected chi connectivity index (χ0v) is 17.1. The van der Waals surface area contributed by atoms with Gasteiger partial charge in [0.1, 0.15) is 0 Å². The molecule has 1 aliphatic heterocycles. The Labute approximate surface area is 165 Å². The molecule has 1 aromatic carbocycles. The van der Waals surface area contributed by atoms with Crippen molar-refractivity contribution in [3.05, 3.63) is 41.1 Å². The van der Waals surface area contributed by atoms with E-state index in [1.54, 1.807) is 17.0 Å². The van der Waals surface area contributed by atoms with Gasteiger partial charge in [-0.3, -0.25) is 0 Å². The minimum atomic E-state index is -0.418. The molecular weight excluding hydrogens is 364 g/mol. The van der Waals surface area contributed by atoms with Crippen LogP contribution in [0.25, 0.3) is 0 Å². The predicted octanol–water partition coefficient (Wildman–Crippen LogP) is 2.91. The number of amides is 2. The van der Waals surface area contributed by atoms with Gasteiger partial charge in [0.05, 0.1) is 17.7 Å². The van der Waals surface area contributed by atoms with E-state index < -0.39 is 6.04 Å². The Kier molecular flexibility index (Phi) is 6.79. The van der Waals surface area contributed by atoms with Crippen LogP contribution in [0.3, 0.4) is 0 Å². The SMILES string of the molecule is CCNC(=O)Nc1ccc([C@@H]2NC(=S)N(C)C(C)=C2C(=O)OC(C)C)cc1. The van der Waals surface area contributed by atoms with Gasteiger partial charge in [-0.1, -0.05) is 12.1 Å². The molecule has 1 atom stereocenters. The second-order valence-corrected chi connectivity index (χ2v) is 6.89. The van der Waals surface area contributed by atoms with Crippen molar-refractivity contribution in [1.29, 1.82) is 0 Å². The van der Waals surface area contributed by atoms with E-state index in [9.17, 15) is 9.59 Å². The van der Waals surface area contributed by atoms with Gasteiger partial charge in [-0.2, -0.15) is 0 Å². The Bertz CT molecular complexity index is 759. The Morgan fingerprint density at radius 1 is 1.30 bits per heavy atom. The van der Waals surface area contributed by atoms with Crippen LogP contribution in [0.15, 0.2) is 35.5 Å². The number of urea groups is 1. The van der Waals surface area contributed by atoms with Gasteiger partial charge < -0.3 is 25.6 Å². The summed E-state index contributed by atoms with van der Waals surface area (Å²) in [4.78, 5) is 26.1. The molecular formula is C19H26N4O3S. The topological polar surface area (TPSA) is 82.7 Å². The van der Waals surface area contributed by atoms with Crippen molar-refractivity contribution >= 4 is 35.0 Å². The minimum Gasteiger partial charge on any atom is -0.459 e. The first-order valence-corrected chi connectivity index (χ1v) is 9.26. The molecule has 0 spiro atoms. The van der Waals surface area contributed by atoms with Gasteiger partial charge in [0.15, 0.2) is 5.11 Å². The molecule has 1 aliphatic rings. The number of nitrogens with one attached hydrogen (secondary N) is 3. The Morgan fingerprint density at radius 3 is 2.48 bits per heavy atom. The van der Waals surface area contributed by atoms with Crippen LogP contribution < -0.4 is 16.0 Å². The quantitative estimate of drug-likeness (QED) is 0.530. The summed E-state index contributed by atoms with van der Waals surface area (Å²) in [5.41, 5.74) is 2.78. The van der Waals surface area contributed by atoms with Crippen LogP contribution in [0.2, 0.25) is 0 Å². The largest absolute Gasteiger partial charge is 0.459 e. The molecule has 7 nitrogen and oxygen atoms in total. The third-order valence-electron chi connectivity index (χ3n) is 4.16. The lowest BCUT2D eigenvalue weighted by Gasteiger charge is -2.35. The van der Waals surface area contributed by atoms with E-state index >= 15 is 0 Å². The minimum absolute atomic E-state index is 0.221. The van der Waals surface area contributed by atoms with Gasteiger partial charge in [-0.25, -0.2) is 9.59 Å². The highest BCUT2D eigenvalue weighted by Crippen LogP contribution is 2.31. The number of hydrogen-bond donors (Lipinski definition) is 3. The Morgan fingerprint density at radius 2 is 1.93 bits per heavy atom. The van der Waals surface area contributed by atoms with Gasteiger partial charge in [0.25, 0.3) is 0 Å². The smallest absolute Gasteiger partial charge is 0.338 e. The van der Waals surface area contributed by atoms with Crippen LogP contribution in [0, 0.1) is 0 Å². The summed E-state index contributed by atoms with van der Waals surface area (Å²) >= 11 is 5.38. The lowest BCUT2D eigenvalue weighted by Crippen LogP contribution is -2.46. The maximum atomic E-state index is 12.7. The molecule has 146 valence electrons. The first-order valence-electron chi connectivity index (χ1n) is 8.85. The second-order valence-electron chi connectivity index (χ2n) is 6.50. The van der Waals surface area contributed by atoms with Crippen molar-refractivity contribution in [2.75, 3.05) is 18.9 Å². The average Bonchev–Trinajstić information content (AvgIpc) is 2.59. The summed E-state index contributed by atoms with van der Waals surface area (Å²) in [7, 11) is 1.81. The fourth-order valence-electron chi connectivity index (χ4n) is 2.72. The summed E-state index contributed by atoms with van der Waals surface area (Å²) in [6.45, 7) is 7.88. The maximum absolute atomic E-state index is 12.7. The van der Waals surface area contributed by atoms with Crippen molar-refractivity contribution in [3.63, 3.8) is 0 Å². The number of carbonyl (C=O) groups excluding carboxylic acids is 2. The van der Waals surface area contributed by atoms with E-state index in [-0.39, 0.29) is 18.1 Å². The first kappa shape index (κ1) is 20.7. The van der Waals surface area contributed by atoms with Gasteiger partial charge in [-0.15, -0.1) is 0 Å². The van der Waals surface area contributed by atoms with Crippen LogP contribution in [-0.2, 0) is 9.53 Å². The van der Waals surface area contributed by atoms with E-state index in [0.29, 0.717) is 22.9 Å². The molecule has 2 rings (SSSR count). The average molecular weight is 391 g/mol. The molecule has 0 radical (unpaired) electrons. The summed E-state index contributed by atoms with van der Waals surface area (Å²) in [5.74, 6) is -0.376. The van der Waals surface area contributed by atoms with E-state index in [4.69, 9.17) is 17.0 Å². The van der Waals surface area contributed by atoms with Crippen molar-refractivity contribution in [2.45, 2.75) is 39.8 Å². The molecule has 1 heterocycles. The monoisotopic (exact) mass is 390 g/mol. The van der Waals surface area contributed by atoms with E-state index in [2.05, 4.69) is 16.0 Å². The van der Waals surface area contributed by atoms with Crippen molar-refractivity contribution < 1.29 is 14.3 Å². The van der Waals surface area contributed by atoms with Crippen LogP contribution in [-0.4, -0.2) is 41.7 Å². The van der Waals surface area contributed by atoms with Gasteiger partial charge in [-0.05, 0) is 57.6 Å². The number of esters is 1. The van der Waals surface area contributed by atoms with Gasteiger partial charge >= 0.3 is 12.0 Å². The molecule has 0 bridgehead atoms. The van der Waals surface area contributed by atoms with Crippen LogP contribution in [0.4, 0.5) is 10.5 Å². The standard InChI is InChI=1S/C19H26N4O3S/c1-6-20-18(25)21-14-9-7-13(8-10-14)16-15(17(24)26-11(2)3)12(4)23(5)19(27)22-16/h7-11,16H,6H2,1-5H3,(H,22,27)(H2,20,21,25)/t16-/m0/s1. The third kappa shape index (κ3) is 4.97. The molecule has 2 amide bonds. The highest BCUT2D eigenvalue weighted by atomic mass is 32.1. The molecule has 0 aromatic heterocycles. The highest BCUT2D eigenvalue weighted by molar-refractivity contribution is 7.80. The number of ether oxygens (including phenoxy) is 1. The number of carbonyl (C=O) groups is 2. The normalized spacial score (nSPS) is 16.9. The van der Waals surface area contributed by atoms with Crippen LogP contribution in [0.5, 0.6) is 0 Å². The third-order valence-corrected chi connectivity index (χ3v) is 4.55. The molecule has 0 unspecified atom stereocenters. The van der Waals surface area contributed by atoms with Gasteiger partial charge in [0, 0.05) is 25.0 Å². The summed E-state index contributed by atoms with van der Waals surface area (Å²) in [6, 6.07) is 6.59. The highest BCUT2D eigenvalue weighted by Gasteiger charge is 2.33. The number of nitrogens with zero attached hydrogens (tertiary/aromatic N) is 1. The second kappa shape index (κ2) is 8.85. The molecule has 3 N–H and O–H groups in total. The molecule has 27 heavy (non-hydrogen) atoms. The molecule has 0 saturated carbocycles. The lowest BCUT2D eigenvalue weighted by atomic mass is 9.95.